The topological polar surface area (TPSA) is 119 Å². The van der Waals surface area contributed by atoms with E-state index in [2.05, 4.69) is 16.9 Å². The third-order valence-electron chi connectivity index (χ3n) is 3.85. The molecule has 0 fully saturated rings. The molecule has 0 aliphatic heterocycles. The minimum Gasteiger partial charge on any atom is -0.285 e. The molecule has 0 spiro atoms. The fraction of sp³-hybridized carbons (Fsp3) is 0.0526. The molecule has 0 bridgehead atoms. The molecule has 0 aliphatic rings. The molecule has 1 aromatic heterocycles. The van der Waals surface area contributed by atoms with Crippen molar-refractivity contribution in [3.05, 3.63) is 66.1 Å². The van der Waals surface area contributed by atoms with Crippen LogP contribution in [0.4, 0.5) is 4.39 Å². The van der Waals surface area contributed by atoms with Crippen molar-refractivity contribution in [3.8, 4) is 28.8 Å². The molecule has 29 heavy (non-hydrogen) atoms. The van der Waals surface area contributed by atoms with Crippen LogP contribution in [0.2, 0.25) is 0 Å². The number of carbonyl (C=O) groups is 1. The van der Waals surface area contributed by atoms with Crippen LogP contribution in [-0.2, 0) is 14.8 Å². The monoisotopic (exact) mass is 414 g/mol. The van der Waals surface area contributed by atoms with Crippen LogP contribution in [0.5, 0.6) is 0 Å². The molecule has 3 rings (SSSR count). The second-order valence-electron chi connectivity index (χ2n) is 5.95. The Kier molecular flexibility index (Phi) is 5.47. The fourth-order valence-corrected chi connectivity index (χ4v) is 2.96. The second kappa shape index (κ2) is 7.84. The molecule has 0 atom stereocenters. The summed E-state index contributed by atoms with van der Waals surface area (Å²) < 4.78 is 37.7. The fourth-order valence-electron chi connectivity index (χ4n) is 2.44. The van der Waals surface area contributed by atoms with Gasteiger partial charge in [-0.3, -0.25) is 10.0 Å². The Hall–Kier alpha value is -3.52. The lowest BCUT2D eigenvalue weighted by Gasteiger charge is -2.08. The van der Waals surface area contributed by atoms with Gasteiger partial charge in [0.1, 0.15) is 11.5 Å². The molecule has 0 unspecified atom stereocenters. The Morgan fingerprint density at radius 3 is 2.34 bits per heavy atom. The van der Waals surface area contributed by atoms with Gasteiger partial charge in [0.2, 0.25) is 10.0 Å². The first kappa shape index (κ1) is 20.2. The summed E-state index contributed by atoms with van der Waals surface area (Å²) in [5.41, 5.74) is 1.86. The Balaban J connectivity index is 2.11. The predicted octanol–water partition coefficient (Wildman–Crippen LogP) is 1.52. The van der Waals surface area contributed by atoms with E-state index in [-0.39, 0.29) is 10.6 Å². The normalized spacial score (nSPS) is 10.9. The zero-order valence-corrected chi connectivity index (χ0v) is 15.9. The number of benzene rings is 2. The maximum absolute atomic E-state index is 13.3. The van der Waals surface area contributed by atoms with Gasteiger partial charge in [-0.2, -0.15) is 5.10 Å². The van der Waals surface area contributed by atoms with Crippen LogP contribution in [0.25, 0.3) is 16.9 Å². The molecule has 0 aliphatic carbocycles. The number of nitrogens with two attached hydrogens (primary N) is 1. The Morgan fingerprint density at radius 1 is 1.17 bits per heavy atom. The van der Waals surface area contributed by atoms with Crippen molar-refractivity contribution in [3.63, 3.8) is 0 Å². The minimum absolute atomic E-state index is 0.0617. The van der Waals surface area contributed by atoms with Crippen molar-refractivity contribution in [2.45, 2.75) is 4.90 Å². The molecule has 3 N–H and O–H groups in total. The van der Waals surface area contributed by atoms with Gasteiger partial charge in [0.15, 0.2) is 0 Å². The van der Waals surface area contributed by atoms with Crippen molar-refractivity contribution in [2.75, 3.05) is 7.05 Å². The van der Waals surface area contributed by atoms with Gasteiger partial charge in [0, 0.05) is 24.6 Å². The lowest BCUT2D eigenvalue weighted by atomic mass is 10.1. The molecular formula is C19H15FN4O4S. The molecule has 2 aromatic carbocycles. The SMILES string of the molecule is CN(O)C(=O)C#Cc1cc(-c2ccc(F)cc2)n(-c2ccc(S(N)(=O)=O)cc2)n1. The summed E-state index contributed by atoms with van der Waals surface area (Å²) in [6.07, 6.45) is 0. The van der Waals surface area contributed by atoms with Gasteiger partial charge in [0.25, 0.3) is 0 Å². The van der Waals surface area contributed by atoms with Crippen molar-refractivity contribution >= 4 is 15.9 Å². The number of amides is 1. The standard InChI is InChI=1S/C19H15FN4O4S/c1-23(26)19(25)11-6-15-12-18(13-2-4-14(20)5-3-13)24(22-15)16-7-9-17(10-8-16)29(21,27)28/h2-5,7-10,12,26H,1H3,(H2,21,27,28). The van der Waals surface area contributed by atoms with Crippen LogP contribution in [0.3, 0.4) is 0 Å². The zero-order valence-electron chi connectivity index (χ0n) is 15.1. The quantitative estimate of drug-likeness (QED) is 0.383. The number of nitrogens with zero attached hydrogens (tertiary/aromatic N) is 3. The third-order valence-corrected chi connectivity index (χ3v) is 4.78. The summed E-state index contributed by atoms with van der Waals surface area (Å²) in [6.45, 7) is 0. The number of rotatable bonds is 3. The first-order valence-electron chi connectivity index (χ1n) is 8.13. The third kappa shape index (κ3) is 4.67. The van der Waals surface area contributed by atoms with E-state index in [9.17, 15) is 17.6 Å². The Morgan fingerprint density at radius 2 is 1.79 bits per heavy atom. The smallest absolute Gasteiger partial charge is 0.285 e. The number of primary sulfonamides is 1. The highest BCUT2D eigenvalue weighted by Crippen LogP contribution is 2.25. The number of halogens is 1. The van der Waals surface area contributed by atoms with E-state index < -0.39 is 21.7 Å². The van der Waals surface area contributed by atoms with Crippen molar-refractivity contribution < 1.29 is 22.8 Å². The largest absolute Gasteiger partial charge is 0.322 e. The van der Waals surface area contributed by atoms with Crippen molar-refractivity contribution in [2.24, 2.45) is 5.14 Å². The van der Waals surface area contributed by atoms with E-state index >= 15 is 0 Å². The van der Waals surface area contributed by atoms with Crippen LogP contribution < -0.4 is 5.14 Å². The molecule has 1 heterocycles. The molecule has 8 nitrogen and oxygen atoms in total. The lowest BCUT2D eigenvalue weighted by molar-refractivity contribution is -0.152. The van der Waals surface area contributed by atoms with Gasteiger partial charge in [-0.1, -0.05) is 0 Å². The van der Waals surface area contributed by atoms with E-state index in [1.807, 2.05) is 0 Å². The predicted molar refractivity (Wildman–Crippen MR) is 102 cm³/mol. The van der Waals surface area contributed by atoms with E-state index in [1.54, 1.807) is 18.2 Å². The summed E-state index contributed by atoms with van der Waals surface area (Å²) in [5.74, 6) is 3.56. The molecular weight excluding hydrogens is 399 g/mol. The van der Waals surface area contributed by atoms with Gasteiger partial charge >= 0.3 is 5.91 Å². The average molecular weight is 414 g/mol. The summed E-state index contributed by atoms with van der Waals surface area (Å²) in [4.78, 5) is 11.4. The van der Waals surface area contributed by atoms with E-state index in [0.29, 0.717) is 22.0 Å². The van der Waals surface area contributed by atoms with Crippen LogP contribution in [-0.4, -0.2) is 41.4 Å². The van der Waals surface area contributed by atoms with Crippen LogP contribution >= 0.6 is 0 Å². The van der Waals surface area contributed by atoms with E-state index in [0.717, 1.165) is 7.05 Å². The van der Waals surface area contributed by atoms with Crippen molar-refractivity contribution in [1.82, 2.24) is 14.8 Å². The molecule has 0 radical (unpaired) electrons. The van der Waals surface area contributed by atoms with Gasteiger partial charge in [-0.05, 0) is 54.5 Å². The lowest BCUT2D eigenvalue weighted by Crippen LogP contribution is -2.20. The molecule has 1 amide bonds. The number of aromatic nitrogens is 2. The van der Waals surface area contributed by atoms with Gasteiger partial charge in [-0.25, -0.2) is 27.7 Å². The highest BCUT2D eigenvalue weighted by atomic mass is 32.2. The summed E-state index contributed by atoms with van der Waals surface area (Å²) in [7, 11) is -2.70. The summed E-state index contributed by atoms with van der Waals surface area (Å²) in [5, 5.41) is 18.9. The maximum atomic E-state index is 13.3. The zero-order chi connectivity index (χ0) is 21.2. The Bertz CT molecular complexity index is 1220. The van der Waals surface area contributed by atoms with E-state index in [4.69, 9.17) is 10.3 Å². The number of hydrogen-bond acceptors (Lipinski definition) is 5. The molecule has 3 aromatic rings. The highest BCUT2D eigenvalue weighted by Gasteiger charge is 2.13. The number of carbonyl (C=O) groups excluding carboxylic acids is 1. The van der Waals surface area contributed by atoms with Crippen molar-refractivity contribution in [1.29, 1.82) is 0 Å². The van der Waals surface area contributed by atoms with Gasteiger partial charge in [-0.15, -0.1) is 0 Å². The van der Waals surface area contributed by atoms with Crippen LogP contribution in [0.15, 0.2) is 59.5 Å². The Labute approximate surface area is 166 Å². The summed E-state index contributed by atoms with van der Waals surface area (Å²) in [6, 6.07) is 12.9. The van der Waals surface area contributed by atoms with Gasteiger partial charge < -0.3 is 0 Å². The second-order valence-corrected chi connectivity index (χ2v) is 7.51. The number of hydrogen-bond donors (Lipinski definition) is 2. The summed E-state index contributed by atoms with van der Waals surface area (Å²) >= 11 is 0. The molecule has 0 saturated carbocycles. The first-order chi connectivity index (χ1) is 13.6. The molecule has 148 valence electrons. The molecule has 10 heteroatoms. The maximum Gasteiger partial charge on any atom is 0.322 e. The van der Waals surface area contributed by atoms with Gasteiger partial charge in [0.05, 0.1) is 16.3 Å². The van der Waals surface area contributed by atoms with Crippen LogP contribution in [0, 0.1) is 17.7 Å². The van der Waals surface area contributed by atoms with E-state index in [1.165, 1.54) is 41.1 Å². The first-order valence-corrected chi connectivity index (χ1v) is 9.67. The minimum atomic E-state index is -3.85. The number of sulfonamides is 1. The number of hydroxylamine groups is 2. The highest BCUT2D eigenvalue weighted by molar-refractivity contribution is 7.89. The van der Waals surface area contributed by atoms with Crippen LogP contribution in [0.1, 0.15) is 5.69 Å². The molecule has 0 saturated heterocycles. The average Bonchev–Trinajstić information content (AvgIpc) is 3.10.